The highest BCUT2D eigenvalue weighted by molar-refractivity contribution is 9.10. The molecule has 1 N–H and O–H groups in total. The summed E-state index contributed by atoms with van der Waals surface area (Å²) in [7, 11) is 0. The van der Waals surface area contributed by atoms with Gasteiger partial charge in [-0.05, 0) is 34.0 Å². The first kappa shape index (κ1) is 12.2. The predicted molar refractivity (Wildman–Crippen MR) is 77.5 cm³/mol. The fourth-order valence-corrected chi connectivity index (χ4v) is 2.72. The van der Waals surface area contributed by atoms with Gasteiger partial charge in [0, 0.05) is 22.7 Å². The van der Waals surface area contributed by atoms with Crippen molar-refractivity contribution < 1.29 is 9.21 Å². The molecular formula is C15H12BrNO2. The first-order chi connectivity index (χ1) is 9.22. The molecule has 0 saturated carbocycles. The number of aryl methyl sites for hydroxylation is 1. The van der Waals surface area contributed by atoms with Crippen LogP contribution in [0.4, 0.5) is 0 Å². The predicted octanol–water partition coefficient (Wildman–Crippen LogP) is 4.32. The first-order valence-corrected chi connectivity index (χ1v) is 6.88. The summed E-state index contributed by atoms with van der Waals surface area (Å²) >= 11 is 3.25. The molecule has 0 aliphatic rings. The Balaban J connectivity index is 2.17. The van der Waals surface area contributed by atoms with Crippen molar-refractivity contribution in [2.75, 3.05) is 0 Å². The Bertz CT molecular complexity index is 754. The van der Waals surface area contributed by atoms with Crippen LogP contribution in [0.15, 0.2) is 45.8 Å². The summed E-state index contributed by atoms with van der Waals surface area (Å²) in [4.78, 5) is 15.7. The molecule has 0 amide bonds. The molecule has 4 heteroatoms. The highest BCUT2D eigenvalue weighted by atomic mass is 79.9. The van der Waals surface area contributed by atoms with E-state index in [1.54, 1.807) is 12.3 Å². The Kier molecular flexibility index (Phi) is 3.03. The largest absolute Gasteiger partial charge is 0.457 e. The Morgan fingerprint density at radius 3 is 2.84 bits per heavy atom. The highest BCUT2D eigenvalue weighted by Gasteiger charge is 2.18. The van der Waals surface area contributed by atoms with Crippen molar-refractivity contribution in [1.29, 1.82) is 0 Å². The molecule has 3 nitrogen and oxygen atoms in total. The van der Waals surface area contributed by atoms with Crippen molar-refractivity contribution in [1.82, 2.24) is 4.98 Å². The van der Waals surface area contributed by atoms with E-state index in [2.05, 4.69) is 33.9 Å². The number of H-pyrrole nitrogens is 1. The van der Waals surface area contributed by atoms with Crippen LogP contribution in [0.2, 0.25) is 0 Å². The minimum Gasteiger partial charge on any atom is -0.457 e. The lowest BCUT2D eigenvalue weighted by molar-refractivity contribution is 0.103. The van der Waals surface area contributed by atoms with Gasteiger partial charge in [-0.1, -0.05) is 25.1 Å². The number of aromatic nitrogens is 1. The zero-order chi connectivity index (χ0) is 13.4. The monoisotopic (exact) mass is 317 g/mol. The fraction of sp³-hybridized carbons (Fsp3) is 0.133. The van der Waals surface area contributed by atoms with Crippen molar-refractivity contribution in [3.05, 3.63) is 58.1 Å². The van der Waals surface area contributed by atoms with E-state index in [-0.39, 0.29) is 5.78 Å². The third-order valence-electron chi connectivity index (χ3n) is 3.29. The van der Waals surface area contributed by atoms with Crippen LogP contribution >= 0.6 is 15.9 Å². The lowest BCUT2D eigenvalue weighted by atomic mass is 10.0. The molecule has 0 spiro atoms. The van der Waals surface area contributed by atoms with Gasteiger partial charge in [0.25, 0.3) is 0 Å². The number of benzene rings is 1. The summed E-state index contributed by atoms with van der Waals surface area (Å²) in [6.07, 6.45) is 4.20. The second-order valence-electron chi connectivity index (χ2n) is 4.33. The van der Waals surface area contributed by atoms with Crippen LogP contribution in [0, 0.1) is 0 Å². The summed E-state index contributed by atoms with van der Waals surface area (Å²) in [5, 5.41) is 0.956. The van der Waals surface area contributed by atoms with E-state index in [9.17, 15) is 4.79 Å². The van der Waals surface area contributed by atoms with Crippen LogP contribution in [-0.4, -0.2) is 10.8 Å². The van der Waals surface area contributed by atoms with Crippen LogP contribution in [0.3, 0.4) is 0 Å². The topological polar surface area (TPSA) is 46.0 Å². The van der Waals surface area contributed by atoms with Gasteiger partial charge in [0.1, 0.15) is 0 Å². The van der Waals surface area contributed by atoms with Crippen molar-refractivity contribution >= 4 is 32.6 Å². The quantitative estimate of drug-likeness (QED) is 0.731. The standard InChI is InChI=1S/C15H12BrNO2/c1-2-9-4-3-5-10-12(8-17-13(9)10)14(18)11-6-7-19-15(11)16/h3-8,17H,2H2,1H3. The molecule has 2 aromatic heterocycles. The van der Waals surface area contributed by atoms with Crippen molar-refractivity contribution in [2.24, 2.45) is 0 Å². The number of halogens is 1. The van der Waals surface area contributed by atoms with Gasteiger partial charge in [-0.3, -0.25) is 4.79 Å². The number of fused-ring (bicyclic) bond motifs is 1. The van der Waals surface area contributed by atoms with E-state index in [1.165, 1.54) is 11.8 Å². The molecule has 0 atom stereocenters. The molecule has 0 fully saturated rings. The highest BCUT2D eigenvalue weighted by Crippen LogP contribution is 2.27. The molecule has 0 aliphatic heterocycles. The fourth-order valence-electron chi connectivity index (χ4n) is 2.30. The van der Waals surface area contributed by atoms with Gasteiger partial charge in [0.15, 0.2) is 10.5 Å². The third-order valence-corrected chi connectivity index (χ3v) is 3.90. The van der Waals surface area contributed by atoms with Gasteiger partial charge in [-0.15, -0.1) is 0 Å². The normalized spacial score (nSPS) is 11.1. The number of rotatable bonds is 3. The number of furan rings is 1. The zero-order valence-electron chi connectivity index (χ0n) is 10.4. The third kappa shape index (κ3) is 1.92. The average Bonchev–Trinajstić information content (AvgIpc) is 3.03. The molecule has 2 heterocycles. The summed E-state index contributed by atoms with van der Waals surface area (Å²) in [6.45, 7) is 2.10. The summed E-state index contributed by atoms with van der Waals surface area (Å²) in [6, 6.07) is 7.69. The van der Waals surface area contributed by atoms with E-state index in [0.29, 0.717) is 15.8 Å². The minimum absolute atomic E-state index is 0.0415. The van der Waals surface area contributed by atoms with E-state index in [1.807, 2.05) is 12.1 Å². The van der Waals surface area contributed by atoms with Crippen molar-refractivity contribution in [3.63, 3.8) is 0 Å². The maximum atomic E-state index is 12.5. The Morgan fingerprint density at radius 2 is 2.16 bits per heavy atom. The zero-order valence-corrected chi connectivity index (χ0v) is 12.0. The second kappa shape index (κ2) is 4.70. The van der Waals surface area contributed by atoms with Gasteiger partial charge >= 0.3 is 0 Å². The molecule has 0 radical (unpaired) electrons. The van der Waals surface area contributed by atoms with Gasteiger partial charge in [-0.2, -0.15) is 0 Å². The molecule has 0 saturated heterocycles. The molecule has 3 aromatic rings. The SMILES string of the molecule is CCc1cccc2c(C(=O)c3ccoc3Br)c[nH]c12. The molecule has 0 bridgehead atoms. The van der Waals surface area contributed by atoms with E-state index in [4.69, 9.17) is 4.42 Å². The molecule has 1 aromatic carbocycles. The van der Waals surface area contributed by atoms with Crippen LogP contribution < -0.4 is 0 Å². The van der Waals surface area contributed by atoms with Crippen LogP contribution in [0.25, 0.3) is 10.9 Å². The number of ketones is 1. The second-order valence-corrected chi connectivity index (χ2v) is 5.05. The first-order valence-electron chi connectivity index (χ1n) is 6.09. The molecular weight excluding hydrogens is 306 g/mol. The molecule has 19 heavy (non-hydrogen) atoms. The maximum absolute atomic E-state index is 12.5. The Hall–Kier alpha value is -1.81. The van der Waals surface area contributed by atoms with Gasteiger partial charge in [0.05, 0.1) is 11.8 Å². The number of carbonyl (C=O) groups is 1. The molecule has 0 unspecified atom stereocenters. The number of nitrogens with one attached hydrogen (secondary N) is 1. The van der Waals surface area contributed by atoms with Crippen LogP contribution in [-0.2, 0) is 6.42 Å². The number of aromatic amines is 1. The molecule has 96 valence electrons. The number of para-hydroxylation sites is 1. The van der Waals surface area contributed by atoms with Gasteiger partial charge < -0.3 is 9.40 Å². The molecule has 3 rings (SSSR count). The lowest BCUT2D eigenvalue weighted by Gasteiger charge is -2.00. The van der Waals surface area contributed by atoms with Gasteiger partial charge in [0.2, 0.25) is 0 Å². The lowest BCUT2D eigenvalue weighted by Crippen LogP contribution is -1.99. The number of hydrogen-bond donors (Lipinski definition) is 1. The molecule has 0 aliphatic carbocycles. The van der Waals surface area contributed by atoms with Crippen molar-refractivity contribution in [3.8, 4) is 0 Å². The van der Waals surface area contributed by atoms with Crippen molar-refractivity contribution in [2.45, 2.75) is 13.3 Å². The van der Waals surface area contributed by atoms with E-state index >= 15 is 0 Å². The minimum atomic E-state index is -0.0415. The van der Waals surface area contributed by atoms with Crippen LogP contribution in [0.5, 0.6) is 0 Å². The van der Waals surface area contributed by atoms with E-state index in [0.717, 1.165) is 17.3 Å². The Labute approximate surface area is 118 Å². The maximum Gasteiger partial charge on any atom is 0.199 e. The number of carbonyl (C=O) groups excluding carboxylic acids is 1. The summed E-state index contributed by atoms with van der Waals surface area (Å²) in [5.41, 5.74) is 3.46. The number of hydrogen-bond acceptors (Lipinski definition) is 2. The smallest absolute Gasteiger partial charge is 0.199 e. The Morgan fingerprint density at radius 1 is 1.32 bits per heavy atom. The summed E-state index contributed by atoms with van der Waals surface area (Å²) < 4.78 is 5.60. The summed E-state index contributed by atoms with van der Waals surface area (Å²) in [5.74, 6) is -0.0415. The van der Waals surface area contributed by atoms with Gasteiger partial charge in [-0.25, -0.2) is 0 Å². The van der Waals surface area contributed by atoms with E-state index < -0.39 is 0 Å². The average molecular weight is 318 g/mol. The van der Waals surface area contributed by atoms with Crippen LogP contribution in [0.1, 0.15) is 28.4 Å².